The normalized spacial score (nSPS) is 10.9. The molecule has 0 radical (unpaired) electrons. The Balaban J connectivity index is 1.70. The number of hydrogen-bond acceptors (Lipinski definition) is 7. The van der Waals surface area contributed by atoms with Crippen molar-refractivity contribution in [3.8, 4) is 22.6 Å². The van der Waals surface area contributed by atoms with Crippen molar-refractivity contribution >= 4 is 11.6 Å². The Morgan fingerprint density at radius 3 is 2.47 bits per heavy atom. The van der Waals surface area contributed by atoms with Gasteiger partial charge in [-0.3, -0.25) is 4.98 Å². The number of nitrogens with zero attached hydrogens (tertiary/aromatic N) is 5. The van der Waals surface area contributed by atoms with Gasteiger partial charge in [0.1, 0.15) is 5.82 Å². The fourth-order valence-corrected chi connectivity index (χ4v) is 3.46. The van der Waals surface area contributed by atoms with E-state index < -0.39 is 0 Å². The molecule has 0 saturated heterocycles. The largest absolute Gasteiger partial charge is 0.493 e. The second-order valence-electron chi connectivity index (χ2n) is 6.89. The van der Waals surface area contributed by atoms with Gasteiger partial charge in [0.25, 0.3) is 0 Å². The summed E-state index contributed by atoms with van der Waals surface area (Å²) < 4.78 is 12.6. The molecule has 0 amide bonds. The van der Waals surface area contributed by atoms with Crippen LogP contribution in [0.5, 0.6) is 11.5 Å². The van der Waals surface area contributed by atoms with Crippen LogP contribution in [0.1, 0.15) is 17.1 Å². The number of anilines is 1. The molecule has 30 heavy (non-hydrogen) atoms. The Morgan fingerprint density at radius 1 is 0.967 bits per heavy atom. The smallest absolute Gasteiger partial charge is 0.227 e. The highest BCUT2D eigenvalue weighted by Gasteiger charge is 2.18. The van der Waals surface area contributed by atoms with Gasteiger partial charge in [0.15, 0.2) is 17.1 Å². The number of fused-ring (bicyclic) bond motifs is 1. The van der Waals surface area contributed by atoms with Crippen molar-refractivity contribution < 1.29 is 9.47 Å². The standard InChI is InChI=1S/C22H24N6O2/c1-14-20(17-5-6-18(29-3)19(13-17)30-4)21-25-15(2)26-22(28(21)27-14)24-12-9-16-7-10-23-11-8-16/h5-8,10-11,13H,9,12H2,1-4H3,(H,24,25,26). The SMILES string of the molecule is COc1ccc(-c2c(C)nn3c(NCCc4ccncc4)nc(C)nc23)cc1OC. The van der Waals surface area contributed by atoms with Crippen molar-refractivity contribution in [1.82, 2.24) is 24.6 Å². The Morgan fingerprint density at radius 2 is 1.73 bits per heavy atom. The van der Waals surface area contributed by atoms with Crippen molar-refractivity contribution in [1.29, 1.82) is 0 Å². The zero-order valence-corrected chi connectivity index (χ0v) is 17.5. The summed E-state index contributed by atoms with van der Waals surface area (Å²) in [5.74, 6) is 2.69. The number of aromatic nitrogens is 5. The molecule has 0 aliphatic rings. The quantitative estimate of drug-likeness (QED) is 0.505. The number of pyridine rings is 1. The monoisotopic (exact) mass is 404 g/mol. The minimum absolute atomic E-state index is 0.662. The van der Waals surface area contributed by atoms with Gasteiger partial charge in [-0.2, -0.15) is 14.6 Å². The van der Waals surface area contributed by atoms with Crippen LogP contribution >= 0.6 is 0 Å². The van der Waals surface area contributed by atoms with Crippen LogP contribution in [0.3, 0.4) is 0 Å². The van der Waals surface area contributed by atoms with E-state index in [4.69, 9.17) is 14.6 Å². The number of aryl methyl sites for hydroxylation is 2. The average molecular weight is 404 g/mol. The van der Waals surface area contributed by atoms with Gasteiger partial charge in [-0.05, 0) is 55.7 Å². The van der Waals surface area contributed by atoms with Crippen molar-refractivity contribution in [3.63, 3.8) is 0 Å². The van der Waals surface area contributed by atoms with Crippen LogP contribution in [-0.4, -0.2) is 45.3 Å². The zero-order chi connectivity index (χ0) is 21.1. The predicted octanol–water partition coefficient (Wildman–Crippen LogP) is 3.47. The predicted molar refractivity (Wildman–Crippen MR) is 115 cm³/mol. The van der Waals surface area contributed by atoms with Gasteiger partial charge in [0.05, 0.1) is 19.9 Å². The van der Waals surface area contributed by atoms with Crippen LogP contribution in [0.15, 0.2) is 42.7 Å². The molecule has 0 fully saturated rings. The molecular weight excluding hydrogens is 380 g/mol. The summed E-state index contributed by atoms with van der Waals surface area (Å²) in [7, 11) is 3.25. The first-order valence-corrected chi connectivity index (χ1v) is 9.70. The van der Waals surface area contributed by atoms with E-state index in [1.807, 2.05) is 44.2 Å². The topological polar surface area (TPSA) is 86.5 Å². The summed E-state index contributed by atoms with van der Waals surface area (Å²) in [5, 5.41) is 8.10. The molecule has 0 aliphatic carbocycles. The summed E-state index contributed by atoms with van der Waals surface area (Å²) in [6, 6.07) is 9.83. The fourth-order valence-electron chi connectivity index (χ4n) is 3.46. The van der Waals surface area contributed by atoms with Crippen molar-refractivity contribution in [2.45, 2.75) is 20.3 Å². The number of ether oxygens (including phenoxy) is 2. The molecule has 8 nitrogen and oxygen atoms in total. The Bertz CT molecular complexity index is 1170. The summed E-state index contributed by atoms with van der Waals surface area (Å²) in [6.07, 6.45) is 4.46. The van der Waals surface area contributed by atoms with Gasteiger partial charge >= 0.3 is 0 Å². The minimum atomic E-state index is 0.662. The molecular formula is C22H24N6O2. The second-order valence-corrected chi connectivity index (χ2v) is 6.89. The Labute approximate surface area is 174 Å². The molecule has 1 N–H and O–H groups in total. The van der Waals surface area contributed by atoms with E-state index in [-0.39, 0.29) is 0 Å². The zero-order valence-electron chi connectivity index (χ0n) is 17.5. The van der Waals surface area contributed by atoms with Crippen molar-refractivity contribution in [3.05, 3.63) is 59.8 Å². The third-order valence-electron chi connectivity index (χ3n) is 4.89. The van der Waals surface area contributed by atoms with E-state index in [9.17, 15) is 0 Å². The molecule has 0 bridgehead atoms. The summed E-state index contributed by atoms with van der Waals surface area (Å²) in [5.41, 5.74) is 4.72. The summed E-state index contributed by atoms with van der Waals surface area (Å²) in [4.78, 5) is 13.3. The van der Waals surface area contributed by atoms with Gasteiger partial charge in [-0.25, -0.2) is 4.98 Å². The molecule has 3 heterocycles. The first kappa shape index (κ1) is 19.6. The molecule has 0 atom stereocenters. The lowest BCUT2D eigenvalue weighted by atomic mass is 10.1. The maximum atomic E-state index is 5.47. The summed E-state index contributed by atoms with van der Waals surface area (Å²) >= 11 is 0. The maximum Gasteiger partial charge on any atom is 0.227 e. The van der Waals surface area contributed by atoms with Crippen molar-refractivity contribution in [2.75, 3.05) is 26.1 Å². The number of nitrogens with one attached hydrogen (secondary N) is 1. The van der Waals surface area contributed by atoms with Gasteiger partial charge in [-0.15, -0.1) is 0 Å². The number of benzene rings is 1. The molecule has 8 heteroatoms. The van der Waals surface area contributed by atoms with E-state index in [0.29, 0.717) is 23.3 Å². The van der Waals surface area contributed by atoms with Crippen LogP contribution in [0.2, 0.25) is 0 Å². The maximum absolute atomic E-state index is 5.47. The molecule has 1 aromatic carbocycles. The minimum Gasteiger partial charge on any atom is -0.493 e. The lowest BCUT2D eigenvalue weighted by Crippen LogP contribution is -2.12. The first-order chi connectivity index (χ1) is 14.6. The molecule has 4 rings (SSSR count). The molecule has 154 valence electrons. The lowest BCUT2D eigenvalue weighted by molar-refractivity contribution is 0.355. The molecule has 4 aromatic rings. The molecule has 0 unspecified atom stereocenters. The molecule has 0 saturated carbocycles. The van der Waals surface area contributed by atoms with Gasteiger partial charge in [0.2, 0.25) is 5.95 Å². The third-order valence-corrected chi connectivity index (χ3v) is 4.89. The van der Waals surface area contributed by atoms with E-state index in [0.717, 1.165) is 35.4 Å². The van der Waals surface area contributed by atoms with Crippen LogP contribution in [0.25, 0.3) is 16.8 Å². The molecule has 0 aliphatic heterocycles. The van der Waals surface area contributed by atoms with Crippen LogP contribution in [0.4, 0.5) is 5.95 Å². The van der Waals surface area contributed by atoms with Crippen LogP contribution in [0, 0.1) is 13.8 Å². The fraction of sp³-hybridized carbons (Fsp3) is 0.273. The highest BCUT2D eigenvalue weighted by atomic mass is 16.5. The van der Waals surface area contributed by atoms with Gasteiger partial charge < -0.3 is 14.8 Å². The first-order valence-electron chi connectivity index (χ1n) is 9.70. The van der Waals surface area contributed by atoms with Crippen molar-refractivity contribution in [2.24, 2.45) is 0 Å². The second kappa shape index (κ2) is 8.36. The lowest BCUT2D eigenvalue weighted by Gasteiger charge is -2.10. The number of hydrogen-bond donors (Lipinski definition) is 1. The Kier molecular flexibility index (Phi) is 5.47. The van der Waals surface area contributed by atoms with E-state index in [2.05, 4.69) is 20.3 Å². The number of rotatable bonds is 7. The van der Waals surface area contributed by atoms with E-state index >= 15 is 0 Å². The van der Waals surface area contributed by atoms with Gasteiger partial charge in [0, 0.05) is 24.5 Å². The van der Waals surface area contributed by atoms with Crippen LogP contribution < -0.4 is 14.8 Å². The van der Waals surface area contributed by atoms with E-state index in [1.165, 1.54) is 5.56 Å². The highest BCUT2D eigenvalue weighted by molar-refractivity contribution is 5.81. The summed E-state index contributed by atoms with van der Waals surface area (Å²) in [6.45, 7) is 4.58. The Hall–Kier alpha value is -3.68. The molecule has 0 spiro atoms. The third kappa shape index (κ3) is 3.76. The highest BCUT2D eigenvalue weighted by Crippen LogP contribution is 2.35. The van der Waals surface area contributed by atoms with E-state index in [1.54, 1.807) is 31.1 Å². The molecule has 3 aromatic heterocycles. The number of methoxy groups -OCH3 is 2. The average Bonchev–Trinajstić information content (AvgIpc) is 3.09. The van der Waals surface area contributed by atoms with Crippen LogP contribution in [-0.2, 0) is 6.42 Å². The van der Waals surface area contributed by atoms with Gasteiger partial charge in [-0.1, -0.05) is 6.07 Å².